The van der Waals surface area contributed by atoms with Gasteiger partial charge >= 0.3 is 0 Å². The van der Waals surface area contributed by atoms with E-state index in [-0.39, 0.29) is 49.2 Å². The molecular weight excluding hydrogens is 411 g/mol. The molecular formula is C24H33FN4O3. The normalized spacial score (nSPS) is 17.4. The van der Waals surface area contributed by atoms with Crippen molar-refractivity contribution < 1.29 is 18.7 Å². The molecule has 0 unspecified atom stereocenters. The van der Waals surface area contributed by atoms with Crippen molar-refractivity contribution in [2.45, 2.75) is 46.3 Å². The summed E-state index contributed by atoms with van der Waals surface area (Å²) >= 11 is 0. The first-order chi connectivity index (χ1) is 15.2. The number of amides is 2. The van der Waals surface area contributed by atoms with E-state index in [1.165, 1.54) is 11.0 Å². The van der Waals surface area contributed by atoms with Crippen LogP contribution in [0.5, 0.6) is 0 Å². The van der Waals surface area contributed by atoms with Gasteiger partial charge in [0.25, 0.3) is 5.91 Å². The Bertz CT molecular complexity index is 956. The van der Waals surface area contributed by atoms with E-state index in [4.69, 9.17) is 4.74 Å². The SMILES string of the molecule is CC(C)CN1C[C@H](OCc2ccccc2F)CN(C(=O)c2cc(C(C)C)nn2C)CC1=O. The Labute approximate surface area is 189 Å². The highest BCUT2D eigenvalue weighted by molar-refractivity contribution is 5.95. The minimum atomic E-state index is -0.429. The number of hydrogen-bond acceptors (Lipinski definition) is 4. The molecule has 1 atom stereocenters. The molecule has 2 heterocycles. The van der Waals surface area contributed by atoms with E-state index >= 15 is 0 Å². The van der Waals surface area contributed by atoms with E-state index in [1.54, 1.807) is 40.9 Å². The maximum Gasteiger partial charge on any atom is 0.272 e. The Hall–Kier alpha value is -2.74. The van der Waals surface area contributed by atoms with Crippen molar-refractivity contribution in [3.05, 3.63) is 53.1 Å². The van der Waals surface area contributed by atoms with Gasteiger partial charge in [0.05, 0.1) is 18.4 Å². The quantitative estimate of drug-likeness (QED) is 0.658. The van der Waals surface area contributed by atoms with Crippen LogP contribution in [0.3, 0.4) is 0 Å². The van der Waals surface area contributed by atoms with Crippen LogP contribution in [-0.4, -0.2) is 63.7 Å². The average Bonchev–Trinajstić information content (AvgIpc) is 3.05. The number of carbonyl (C=O) groups is 2. The Morgan fingerprint density at radius 1 is 1.22 bits per heavy atom. The zero-order valence-corrected chi connectivity index (χ0v) is 19.5. The highest BCUT2D eigenvalue weighted by Gasteiger charge is 2.33. The van der Waals surface area contributed by atoms with Crippen LogP contribution < -0.4 is 0 Å². The summed E-state index contributed by atoms with van der Waals surface area (Å²) < 4.78 is 21.6. The van der Waals surface area contributed by atoms with Gasteiger partial charge in [-0.1, -0.05) is 45.9 Å². The number of aromatic nitrogens is 2. The number of aryl methyl sites for hydroxylation is 1. The summed E-state index contributed by atoms with van der Waals surface area (Å²) in [6, 6.07) is 8.24. The number of rotatable bonds is 7. The second kappa shape index (κ2) is 10.3. The molecule has 1 saturated heterocycles. The van der Waals surface area contributed by atoms with Crippen LogP contribution in [0.1, 0.15) is 55.4 Å². The fourth-order valence-corrected chi connectivity index (χ4v) is 3.81. The fourth-order valence-electron chi connectivity index (χ4n) is 3.81. The van der Waals surface area contributed by atoms with Gasteiger partial charge < -0.3 is 14.5 Å². The first-order valence-corrected chi connectivity index (χ1v) is 11.1. The molecule has 0 spiro atoms. The summed E-state index contributed by atoms with van der Waals surface area (Å²) in [7, 11) is 1.73. The van der Waals surface area contributed by atoms with Gasteiger partial charge in [0.2, 0.25) is 5.91 Å². The van der Waals surface area contributed by atoms with Gasteiger partial charge in [-0.05, 0) is 24.0 Å². The van der Waals surface area contributed by atoms with Crippen LogP contribution in [0.4, 0.5) is 4.39 Å². The Morgan fingerprint density at radius 2 is 1.94 bits per heavy atom. The number of hydrogen-bond donors (Lipinski definition) is 0. The molecule has 1 aromatic carbocycles. The second-order valence-corrected chi connectivity index (χ2v) is 9.14. The molecule has 174 valence electrons. The minimum absolute atomic E-state index is 0.0205. The lowest BCUT2D eigenvalue weighted by Gasteiger charge is -2.26. The molecule has 1 aliphatic heterocycles. The summed E-state index contributed by atoms with van der Waals surface area (Å²) in [5.74, 6) is -0.243. The van der Waals surface area contributed by atoms with Gasteiger partial charge in [-0.3, -0.25) is 14.3 Å². The number of carbonyl (C=O) groups excluding carboxylic acids is 2. The number of nitrogens with zero attached hydrogens (tertiary/aromatic N) is 4. The highest BCUT2D eigenvalue weighted by atomic mass is 19.1. The summed E-state index contributed by atoms with van der Waals surface area (Å²) in [4.78, 5) is 29.6. The molecule has 1 aromatic heterocycles. The second-order valence-electron chi connectivity index (χ2n) is 9.14. The van der Waals surface area contributed by atoms with Crippen molar-refractivity contribution in [1.29, 1.82) is 0 Å². The summed E-state index contributed by atoms with van der Waals surface area (Å²) in [5.41, 5.74) is 1.71. The van der Waals surface area contributed by atoms with Crippen LogP contribution in [0.2, 0.25) is 0 Å². The molecule has 2 amide bonds. The van der Waals surface area contributed by atoms with Crippen LogP contribution >= 0.6 is 0 Å². The molecule has 0 N–H and O–H groups in total. The molecule has 1 fully saturated rings. The van der Waals surface area contributed by atoms with Gasteiger partial charge in [0.1, 0.15) is 18.1 Å². The van der Waals surface area contributed by atoms with E-state index in [0.29, 0.717) is 24.3 Å². The third kappa shape index (κ3) is 5.73. The molecule has 1 aliphatic rings. The Balaban J connectivity index is 1.82. The van der Waals surface area contributed by atoms with Crippen molar-refractivity contribution in [1.82, 2.24) is 19.6 Å². The lowest BCUT2D eigenvalue weighted by molar-refractivity contribution is -0.132. The van der Waals surface area contributed by atoms with E-state index in [0.717, 1.165) is 5.69 Å². The molecule has 0 saturated carbocycles. The smallest absolute Gasteiger partial charge is 0.272 e. The standard InChI is InChI=1S/C24H33FN4O3/c1-16(2)11-28-12-19(32-15-18-8-6-7-9-20(18)25)13-29(14-23(28)30)24(31)22-10-21(17(3)4)26-27(22)5/h6-10,16-17,19H,11-15H2,1-5H3/t19-/m0/s1. The van der Waals surface area contributed by atoms with Crippen molar-refractivity contribution in [2.75, 3.05) is 26.2 Å². The van der Waals surface area contributed by atoms with Crippen molar-refractivity contribution in [3.8, 4) is 0 Å². The number of benzene rings is 1. The van der Waals surface area contributed by atoms with Gasteiger partial charge in [0.15, 0.2) is 0 Å². The fraction of sp³-hybridized carbons (Fsp3) is 0.542. The zero-order valence-electron chi connectivity index (χ0n) is 19.5. The highest BCUT2D eigenvalue weighted by Crippen LogP contribution is 2.19. The largest absolute Gasteiger partial charge is 0.370 e. The maximum atomic E-state index is 14.1. The third-order valence-corrected chi connectivity index (χ3v) is 5.54. The van der Waals surface area contributed by atoms with E-state index < -0.39 is 6.10 Å². The van der Waals surface area contributed by atoms with E-state index in [2.05, 4.69) is 5.10 Å². The lowest BCUT2D eigenvalue weighted by atomic mass is 10.1. The van der Waals surface area contributed by atoms with Crippen molar-refractivity contribution in [2.24, 2.45) is 13.0 Å². The van der Waals surface area contributed by atoms with Crippen LogP contribution in [0.25, 0.3) is 0 Å². The van der Waals surface area contributed by atoms with Gasteiger partial charge in [-0.15, -0.1) is 0 Å². The topological polar surface area (TPSA) is 67.7 Å². The molecule has 8 heteroatoms. The van der Waals surface area contributed by atoms with Gasteiger partial charge in [-0.2, -0.15) is 5.10 Å². The lowest BCUT2D eigenvalue weighted by Crippen LogP contribution is -2.41. The molecule has 32 heavy (non-hydrogen) atoms. The van der Waals surface area contributed by atoms with E-state index in [1.807, 2.05) is 27.7 Å². The average molecular weight is 445 g/mol. The summed E-state index contributed by atoms with van der Waals surface area (Å²) in [6.45, 7) is 9.35. The molecule has 0 aliphatic carbocycles. The predicted molar refractivity (Wildman–Crippen MR) is 120 cm³/mol. The van der Waals surface area contributed by atoms with Crippen molar-refractivity contribution >= 4 is 11.8 Å². The monoisotopic (exact) mass is 444 g/mol. The first kappa shape index (κ1) is 23.9. The maximum absolute atomic E-state index is 14.1. The summed E-state index contributed by atoms with van der Waals surface area (Å²) in [6.07, 6.45) is -0.429. The van der Waals surface area contributed by atoms with Gasteiger partial charge in [0, 0.05) is 32.2 Å². The molecule has 2 aromatic rings. The van der Waals surface area contributed by atoms with Gasteiger partial charge in [-0.25, -0.2) is 4.39 Å². The minimum Gasteiger partial charge on any atom is -0.370 e. The van der Waals surface area contributed by atoms with Crippen LogP contribution in [-0.2, 0) is 23.2 Å². The van der Waals surface area contributed by atoms with Crippen LogP contribution in [0.15, 0.2) is 30.3 Å². The molecule has 7 nitrogen and oxygen atoms in total. The Kier molecular flexibility index (Phi) is 7.66. The van der Waals surface area contributed by atoms with Crippen LogP contribution in [0, 0.1) is 11.7 Å². The first-order valence-electron chi connectivity index (χ1n) is 11.1. The van der Waals surface area contributed by atoms with Crippen molar-refractivity contribution in [3.63, 3.8) is 0 Å². The molecule has 3 rings (SSSR count). The zero-order chi connectivity index (χ0) is 23.4. The third-order valence-electron chi connectivity index (χ3n) is 5.54. The Morgan fingerprint density at radius 3 is 2.56 bits per heavy atom. The molecule has 0 radical (unpaired) electrons. The number of halogens is 1. The number of ether oxygens (including phenoxy) is 1. The summed E-state index contributed by atoms with van der Waals surface area (Å²) in [5, 5.41) is 4.43. The van der Waals surface area contributed by atoms with E-state index in [9.17, 15) is 14.0 Å². The molecule has 0 bridgehead atoms. The predicted octanol–water partition coefficient (Wildman–Crippen LogP) is 3.21.